The predicted molar refractivity (Wildman–Crippen MR) is 213 cm³/mol. The molecule has 6 aromatic carbocycles. The highest BCUT2D eigenvalue weighted by Crippen LogP contribution is 2.39. The van der Waals surface area contributed by atoms with Gasteiger partial charge in [-0.15, -0.1) is 0 Å². The van der Waals surface area contributed by atoms with Gasteiger partial charge in [0.25, 0.3) is 0 Å². The second-order valence-electron chi connectivity index (χ2n) is 13.0. The first-order valence-corrected chi connectivity index (χ1v) is 17.3. The van der Waals surface area contributed by atoms with E-state index >= 15 is 0 Å². The molecule has 0 amide bonds. The molecule has 2 N–H and O–H groups in total. The summed E-state index contributed by atoms with van der Waals surface area (Å²) >= 11 is 0. The lowest BCUT2D eigenvalue weighted by atomic mass is 9.84. The van der Waals surface area contributed by atoms with Gasteiger partial charge in [-0.05, 0) is 23.8 Å². The van der Waals surface area contributed by atoms with Crippen LogP contribution in [-0.4, -0.2) is 31.4 Å². The van der Waals surface area contributed by atoms with E-state index in [2.05, 4.69) is 36.4 Å². The normalized spacial score (nSPS) is 12.7. The summed E-state index contributed by atoms with van der Waals surface area (Å²) in [7, 11) is 0. The fourth-order valence-corrected chi connectivity index (χ4v) is 7.22. The van der Waals surface area contributed by atoms with Crippen LogP contribution in [0.1, 0.15) is 17.0 Å². The third-order valence-corrected chi connectivity index (χ3v) is 9.80. The third kappa shape index (κ3) is 5.06. The van der Waals surface area contributed by atoms with Crippen LogP contribution in [0.4, 0.5) is 0 Å². The molecule has 0 atom stereocenters. The first-order chi connectivity index (χ1) is 26.1. The molecule has 3 heterocycles. The molecule has 0 bridgehead atoms. The number of pyridine rings is 1. The Bertz CT molecular complexity index is 2970. The molecule has 7 nitrogen and oxygen atoms in total. The first-order valence-electron chi connectivity index (χ1n) is 17.3. The number of fused-ring (bicyclic) bond motifs is 6. The standard InChI is InChI=1S/C46H28N6O/c47-40-36(26-35-39(41(40)48)34-17-7-9-20-37(34)49-42(35)28-12-3-1-4-13-28)46-51-44(29-14-5-2-6-15-29)50-45(52-46)30-24-22-27(23-25-30)31-18-11-19-33-32-16-8-10-21-38(32)53-43(31)33/h1-26,47-48H. The number of furan rings is 1. The molecule has 1 aliphatic carbocycles. The van der Waals surface area contributed by atoms with Crippen molar-refractivity contribution in [1.29, 1.82) is 10.8 Å². The second kappa shape index (κ2) is 12.1. The van der Waals surface area contributed by atoms with E-state index in [0.29, 0.717) is 28.6 Å². The molecule has 0 saturated heterocycles. The number of hydrogen-bond acceptors (Lipinski definition) is 7. The van der Waals surface area contributed by atoms with Gasteiger partial charge in [-0.25, -0.2) is 19.9 Å². The van der Waals surface area contributed by atoms with Gasteiger partial charge in [0.2, 0.25) is 0 Å². The van der Waals surface area contributed by atoms with E-state index in [0.717, 1.165) is 71.9 Å². The molecule has 53 heavy (non-hydrogen) atoms. The smallest absolute Gasteiger partial charge is 0.166 e. The third-order valence-electron chi connectivity index (χ3n) is 9.80. The molecule has 0 fully saturated rings. The van der Waals surface area contributed by atoms with Crippen LogP contribution in [0.5, 0.6) is 0 Å². The van der Waals surface area contributed by atoms with Gasteiger partial charge in [0.15, 0.2) is 17.5 Å². The highest BCUT2D eigenvalue weighted by molar-refractivity contribution is 6.64. The second-order valence-corrected chi connectivity index (χ2v) is 13.0. The lowest BCUT2D eigenvalue weighted by Crippen LogP contribution is -2.23. The summed E-state index contributed by atoms with van der Waals surface area (Å²) in [6.07, 6.45) is 1.92. The summed E-state index contributed by atoms with van der Waals surface area (Å²) in [5, 5.41) is 21.7. The Labute approximate surface area is 304 Å². The number of aromatic nitrogens is 4. The van der Waals surface area contributed by atoms with Gasteiger partial charge in [0.05, 0.1) is 22.6 Å². The minimum atomic E-state index is 0.0401. The number of benzene rings is 6. The number of allylic oxidation sites excluding steroid dienone is 1. The summed E-state index contributed by atoms with van der Waals surface area (Å²) in [5.41, 5.74) is 9.77. The largest absolute Gasteiger partial charge is 0.455 e. The van der Waals surface area contributed by atoms with Gasteiger partial charge < -0.3 is 4.42 Å². The van der Waals surface area contributed by atoms with Gasteiger partial charge in [-0.3, -0.25) is 10.8 Å². The molecule has 0 spiro atoms. The minimum Gasteiger partial charge on any atom is -0.455 e. The molecule has 9 aromatic rings. The number of nitrogens with one attached hydrogen (secondary N) is 2. The molecule has 10 rings (SSSR count). The van der Waals surface area contributed by atoms with Crippen molar-refractivity contribution in [2.45, 2.75) is 0 Å². The van der Waals surface area contributed by atoms with Crippen molar-refractivity contribution >= 4 is 55.9 Å². The van der Waals surface area contributed by atoms with Crippen LogP contribution in [0.2, 0.25) is 0 Å². The van der Waals surface area contributed by atoms with E-state index in [1.165, 1.54) is 0 Å². The van der Waals surface area contributed by atoms with Crippen LogP contribution in [0.3, 0.4) is 0 Å². The molecule has 0 radical (unpaired) electrons. The average molecular weight is 681 g/mol. The van der Waals surface area contributed by atoms with E-state index in [4.69, 9.17) is 24.4 Å². The van der Waals surface area contributed by atoms with Gasteiger partial charge in [0.1, 0.15) is 11.2 Å². The average Bonchev–Trinajstić information content (AvgIpc) is 3.61. The zero-order valence-corrected chi connectivity index (χ0v) is 28.2. The lowest BCUT2D eigenvalue weighted by molar-refractivity contribution is 0.670. The summed E-state index contributed by atoms with van der Waals surface area (Å²) in [6, 6.07) is 50.0. The molecular formula is C46H28N6O. The molecule has 248 valence electrons. The highest BCUT2D eigenvalue weighted by Gasteiger charge is 2.30. The Morgan fingerprint density at radius 3 is 1.77 bits per heavy atom. The van der Waals surface area contributed by atoms with Gasteiger partial charge in [0, 0.05) is 55.1 Å². The monoisotopic (exact) mass is 680 g/mol. The maximum Gasteiger partial charge on any atom is 0.166 e. The van der Waals surface area contributed by atoms with Crippen LogP contribution in [-0.2, 0) is 0 Å². The molecular weight excluding hydrogens is 653 g/mol. The van der Waals surface area contributed by atoms with Gasteiger partial charge >= 0.3 is 0 Å². The van der Waals surface area contributed by atoms with Crippen LogP contribution < -0.4 is 0 Å². The Morgan fingerprint density at radius 1 is 0.434 bits per heavy atom. The molecule has 7 heteroatoms. The number of para-hydroxylation sites is 3. The van der Waals surface area contributed by atoms with Crippen LogP contribution in [0.15, 0.2) is 156 Å². The van der Waals surface area contributed by atoms with Crippen molar-refractivity contribution in [3.63, 3.8) is 0 Å². The fourth-order valence-electron chi connectivity index (χ4n) is 7.22. The topological polar surface area (TPSA) is 112 Å². The Hall–Kier alpha value is -7.38. The zero-order valence-electron chi connectivity index (χ0n) is 28.2. The molecule has 0 aliphatic heterocycles. The number of nitrogens with zero attached hydrogens (tertiary/aromatic N) is 4. The number of rotatable bonds is 5. The molecule has 0 unspecified atom stereocenters. The van der Waals surface area contributed by atoms with E-state index < -0.39 is 0 Å². The lowest BCUT2D eigenvalue weighted by Gasteiger charge is -2.22. The highest BCUT2D eigenvalue weighted by atomic mass is 16.3. The Morgan fingerprint density at radius 2 is 1.02 bits per heavy atom. The van der Waals surface area contributed by atoms with Crippen molar-refractivity contribution in [3.05, 3.63) is 169 Å². The van der Waals surface area contributed by atoms with Crippen molar-refractivity contribution in [3.8, 4) is 45.2 Å². The van der Waals surface area contributed by atoms with Crippen molar-refractivity contribution in [2.75, 3.05) is 0 Å². The summed E-state index contributed by atoms with van der Waals surface area (Å²) in [5.74, 6) is 1.26. The summed E-state index contributed by atoms with van der Waals surface area (Å²) in [4.78, 5) is 19.9. The van der Waals surface area contributed by atoms with Gasteiger partial charge in [-0.1, -0.05) is 140 Å². The van der Waals surface area contributed by atoms with Crippen LogP contribution in [0.25, 0.3) is 89.7 Å². The van der Waals surface area contributed by atoms with E-state index in [1.54, 1.807) is 0 Å². The Balaban J connectivity index is 1.14. The maximum absolute atomic E-state index is 9.36. The predicted octanol–water partition coefficient (Wildman–Crippen LogP) is 10.9. The van der Waals surface area contributed by atoms with E-state index in [-0.39, 0.29) is 11.4 Å². The van der Waals surface area contributed by atoms with Crippen molar-refractivity contribution in [2.24, 2.45) is 0 Å². The SMILES string of the molecule is N=C1C(=N)c2c(c(-c3ccccc3)nc3ccccc23)C=C1c1nc(-c2ccccc2)nc(-c2ccc(-c3cccc4c3oc3ccccc34)cc2)n1. The minimum absolute atomic E-state index is 0.0401. The van der Waals surface area contributed by atoms with E-state index in [9.17, 15) is 10.8 Å². The fraction of sp³-hybridized carbons (Fsp3) is 0. The Kier molecular flexibility index (Phi) is 6.97. The van der Waals surface area contributed by atoms with Crippen LogP contribution >= 0.6 is 0 Å². The van der Waals surface area contributed by atoms with Crippen molar-refractivity contribution < 1.29 is 4.42 Å². The molecule has 3 aromatic heterocycles. The quantitative estimate of drug-likeness (QED) is 0.188. The first kappa shape index (κ1) is 30.4. The summed E-state index contributed by atoms with van der Waals surface area (Å²) < 4.78 is 6.32. The number of hydrogen-bond donors (Lipinski definition) is 2. The van der Waals surface area contributed by atoms with Crippen LogP contribution in [0, 0.1) is 10.8 Å². The van der Waals surface area contributed by atoms with Crippen molar-refractivity contribution in [1.82, 2.24) is 19.9 Å². The summed E-state index contributed by atoms with van der Waals surface area (Å²) in [6.45, 7) is 0. The zero-order chi connectivity index (χ0) is 35.5. The van der Waals surface area contributed by atoms with E-state index in [1.807, 2.05) is 121 Å². The molecule has 1 aliphatic rings. The molecule has 0 saturated carbocycles. The maximum atomic E-state index is 9.36. The van der Waals surface area contributed by atoms with Gasteiger partial charge in [-0.2, -0.15) is 0 Å².